The van der Waals surface area contributed by atoms with Crippen molar-refractivity contribution in [2.45, 2.75) is 13.3 Å². The maximum atomic E-state index is 11.4. The predicted octanol–water partition coefficient (Wildman–Crippen LogP) is -1.12. The molecule has 1 aromatic heterocycles. The van der Waals surface area contributed by atoms with Gasteiger partial charge >= 0.3 is 0 Å². The first kappa shape index (κ1) is 10.6. The fourth-order valence-electron chi connectivity index (χ4n) is 1.48. The van der Waals surface area contributed by atoms with Crippen LogP contribution < -0.4 is 5.32 Å². The van der Waals surface area contributed by atoms with Crippen LogP contribution in [0.4, 0.5) is 0 Å². The molecule has 2 rings (SSSR count). The standard InChI is InChI=1S/C9H12N4O3/c1-6-11-8(16-12-6)2-3-13-5-7(14)10-4-9(13)15/h2-5H2,1H3,(H,10,14). The maximum absolute atomic E-state index is 11.4. The first-order valence-corrected chi connectivity index (χ1v) is 4.99. The van der Waals surface area contributed by atoms with Gasteiger partial charge in [-0.25, -0.2) is 0 Å². The van der Waals surface area contributed by atoms with Crippen molar-refractivity contribution in [2.24, 2.45) is 0 Å². The van der Waals surface area contributed by atoms with Crippen LogP contribution in [0, 0.1) is 6.92 Å². The highest BCUT2D eigenvalue weighted by Crippen LogP contribution is 2.01. The molecule has 0 aromatic carbocycles. The van der Waals surface area contributed by atoms with Crippen LogP contribution in [0.2, 0.25) is 0 Å². The highest BCUT2D eigenvalue weighted by molar-refractivity contribution is 5.92. The zero-order valence-corrected chi connectivity index (χ0v) is 8.89. The van der Waals surface area contributed by atoms with Crippen molar-refractivity contribution in [1.29, 1.82) is 0 Å². The van der Waals surface area contributed by atoms with Gasteiger partial charge in [-0.3, -0.25) is 9.59 Å². The minimum Gasteiger partial charge on any atom is -0.345 e. The van der Waals surface area contributed by atoms with Gasteiger partial charge in [-0.1, -0.05) is 5.16 Å². The number of hydrogen-bond acceptors (Lipinski definition) is 5. The van der Waals surface area contributed by atoms with E-state index in [1.54, 1.807) is 6.92 Å². The fraction of sp³-hybridized carbons (Fsp3) is 0.556. The summed E-state index contributed by atoms with van der Waals surface area (Å²) in [6.45, 7) is 2.33. The number of amides is 2. The summed E-state index contributed by atoms with van der Waals surface area (Å²) in [5.74, 6) is 0.825. The summed E-state index contributed by atoms with van der Waals surface area (Å²) in [5, 5.41) is 6.13. The number of piperazine rings is 1. The van der Waals surface area contributed by atoms with Crippen molar-refractivity contribution in [2.75, 3.05) is 19.6 Å². The van der Waals surface area contributed by atoms with Crippen LogP contribution in [-0.4, -0.2) is 46.5 Å². The summed E-state index contributed by atoms with van der Waals surface area (Å²) in [7, 11) is 0. The van der Waals surface area contributed by atoms with Gasteiger partial charge in [0.1, 0.15) is 0 Å². The Balaban J connectivity index is 1.89. The Morgan fingerprint density at radius 1 is 1.50 bits per heavy atom. The van der Waals surface area contributed by atoms with E-state index in [0.717, 1.165) is 0 Å². The molecule has 2 amide bonds. The summed E-state index contributed by atoms with van der Waals surface area (Å²) in [6, 6.07) is 0. The van der Waals surface area contributed by atoms with E-state index in [1.165, 1.54) is 4.90 Å². The lowest BCUT2D eigenvalue weighted by Crippen LogP contribution is -2.52. The summed E-state index contributed by atoms with van der Waals surface area (Å²) in [4.78, 5) is 28.0. The lowest BCUT2D eigenvalue weighted by atomic mass is 10.3. The zero-order chi connectivity index (χ0) is 11.5. The zero-order valence-electron chi connectivity index (χ0n) is 8.89. The van der Waals surface area contributed by atoms with Gasteiger partial charge in [0.25, 0.3) is 0 Å². The topological polar surface area (TPSA) is 88.3 Å². The van der Waals surface area contributed by atoms with E-state index in [1.807, 2.05) is 0 Å². The third-order valence-corrected chi connectivity index (χ3v) is 2.29. The Bertz CT molecular complexity index is 415. The molecule has 7 heteroatoms. The third-order valence-electron chi connectivity index (χ3n) is 2.29. The minimum absolute atomic E-state index is 0.0711. The number of nitrogens with zero attached hydrogens (tertiary/aromatic N) is 3. The Kier molecular flexibility index (Phi) is 2.84. The van der Waals surface area contributed by atoms with E-state index in [2.05, 4.69) is 15.5 Å². The monoisotopic (exact) mass is 224 g/mol. The molecule has 7 nitrogen and oxygen atoms in total. The first-order chi connectivity index (χ1) is 7.65. The molecule has 1 saturated heterocycles. The van der Waals surface area contributed by atoms with Gasteiger partial charge in [-0.05, 0) is 6.92 Å². The lowest BCUT2D eigenvalue weighted by Gasteiger charge is -2.25. The van der Waals surface area contributed by atoms with Gasteiger partial charge in [0.2, 0.25) is 17.7 Å². The highest BCUT2D eigenvalue weighted by atomic mass is 16.5. The van der Waals surface area contributed by atoms with Crippen LogP contribution in [0.3, 0.4) is 0 Å². The van der Waals surface area contributed by atoms with Gasteiger partial charge in [0.15, 0.2) is 5.82 Å². The van der Waals surface area contributed by atoms with Gasteiger partial charge in [-0.15, -0.1) is 0 Å². The van der Waals surface area contributed by atoms with Gasteiger partial charge in [0.05, 0.1) is 13.1 Å². The molecule has 16 heavy (non-hydrogen) atoms. The normalized spacial score (nSPS) is 16.4. The van der Waals surface area contributed by atoms with E-state index in [9.17, 15) is 9.59 Å². The second-order valence-electron chi connectivity index (χ2n) is 3.58. The molecule has 1 fully saturated rings. The number of carbonyl (C=O) groups excluding carboxylic acids is 2. The van der Waals surface area contributed by atoms with Crippen LogP contribution in [0.25, 0.3) is 0 Å². The molecule has 0 bridgehead atoms. The summed E-state index contributed by atoms with van der Waals surface area (Å²) < 4.78 is 4.92. The number of carbonyl (C=O) groups is 2. The molecule has 0 radical (unpaired) electrons. The number of rotatable bonds is 3. The number of hydrogen-bond donors (Lipinski definition) is 1. The maximum Gasteiger partial charge on any atom is 0.242 e. The molecule has 0 aliphatic carbocycles. The molecule has 1 aliphatic heterocycles. The van der Waals surface area contributed by atoms with Crippen LogP contribution in [0.1, 0.15) is 11.7 Å². The van der Waals surface area contributed by atoms with Crippen molar-refractivity contribution in [3.8, 4) is 0 Å². The molecule has 0 atom stereocenters. The number of aryl methyl sites for hydroxylation is 1. The third kappa shape index (κ3) is 2.36. The predicted molar refractivity (Wildman–Crippen MR) is 52.3 cm³/mol. The van der Waals surface area contributed by atoms with Crippen LogP contribution in [-0.2, 0) is 16.0 Å². The van der Waals surface area contributed by atoms with Crippen LogP contribution in [0.5, 0.6) is 0 Å². The van der Waals surface area contributed by atoms with Crippen LogP contribution in [0.15, 0.2) is 4.52 Å². The van der Waals surface area contributed by atoms with E-state index in [0.29, 0.717) is 24.7 Å². The van der Waals surface area contributed by atoms with Crippen molar-refractivity contribution in [3.05, 3.63) is 11.7 Å². The largest absolute Gasteiger partial charge is 0.345 e. The quantitative estimate of drug-likeness (QED) is 0.702. The van der Waals surface area contributed by atoms with Crippen LogP contribution >= 0.6 is 0 Å². The summed E-state index contributed by atoms with van der Waals surface area (Å²) in [6.07, 6.45) is 0.472. The van der Waals surface area contributed by atoms with Crippen molar-refractivity contribution >= 4 is 11.8 Å². The SMILES string of the molecule is Cc1noc(CCN2CC(=O)NCC2=O)n1. The smallest absolute Gasteiger partial charge is 0.242 e. The second-order valence-corrected chi connectivity index (χ2v) is 3.58. The molecule has 0 unspecified atom stereocenters. The Morgan fingerprint density at radius 3 is 3.00 bits per heavy atom. The number of nitrogens with one attached hydrogen (secondary N) is 1. The van der Waals surface area contributed by atoms with Gasteiger partial charge < -0.3 is 14.7 Å². The van der Waals surface area contributed by atoms with Crippen molar-refractivity contribution in [3.63, 3.8) is 0 Å². The summed E-state index contributed by atoms with van der Waals surface area (Å²) in [5.41, 5.74) is 0. The minimum atomic E-state index is -0.138. The molecule has 0 spiro atoms. The van der Waals surface area contributed by atoms with Gasteiger partial charge in [0, 0.05) is 13.0 Å². The van der Waals surface area contributed by atoms with Gasteiger partial charge in [-0.2, -0.15) is 4.98 Å². The molecular formula is C9H12N4O3. The molecule has 1 N–H and O–H groups in total. The van der Waals surface area contributed by atoms with Crippen molar-refractivity contribution < 1.29 is 14.1 Å². The molecule has 0 saturated carbocycles. The highest BCUT2D eigenvalue weighted by Gasteiger charge is 2.22. The second kappa shape index (κ2) is 4.30. The fourth-order valence-corrected chi connectivity index (χ4v) is 1.48. The average Bonchev–Trinajstić information content (AvgIpc) is 2.66. The van der Waals surface area contributed by atoms with E-state index < -0.39 is 0 Å². The first-order valence-electron chi connectivity index (χ1n) is 4.99. The lowest BCUT2D eigenvalue weighted by molar-refractivity contribution is -0.140. The Labute approximate surface area is 91.8 Å². The molecule has 86 valence electrons. The molecule has 1 aromatic rings. The average molecular weight is 224 g/mol. The number of aromatic nitrogens is 2. The van der Waals surface area contributed by atoms with E-state index >= 15 is 0 Å². The van der Waals surface area contributed by atoms with E-state index in [4.69, 9.17) is 4.52 Å². The molecule has 1 aliphatic rings. The molecular weight excluding hydrogens is 212 g/mol. The van der Waals surface area contributed by atoms with Crippen molar-refractivity contribution in [1.82, 2.24) is 20.4 Å². The molecule has 2 heterocycles. The Morgan fingerprint density at radius 2 is 2.31 bits per heavy atom. The van der Waals surface area contributed by atoms with E-state index in [-0.39, 0.29) is 24.9 Å². The summed E-state index contributed by atoms with van der Waals surface area (Å²) >= 11 is 0. The Hall–Kier alpha value is -1.92.